The van der Waals surface area contributed by atoms with E-state index in [1.807, 2.05) is 4.90 Å². The summed E-state index contributed by atoms with van der Waals surface area (Å²) in [7, 11) is 0. The molecule has 0 bridgehead atoms. The van der Waals surface area contributed by atoms with Crippen molar-refractivity contribution in [2.75, 3.05) is 39.4 Å². The quantitative estimate of drug-likeness (QED) is 0.670. The van der Waals surface area contributed by atoms with Gasteiger partial charge >= 0.3 is 0 Å². The van der Waals surface area contributed by atoms with Crippen molar-refractivity contribution >= 4 is 5.91 Å². The summed E-state index contributed by atoms with van der Waals surface area (Å²) in [5.41, 5.74) is 0. The Balaban J connectivity index is 1.95. The van der Waals surface area contributed by atoms with Gasteiger partial charge in [-0.3, -0.25) is 9.69 Å². The maximum atomic E-state index is 11.7. The van der Waals surface area contributed by atoms with Gasteiger partial charge in [0, 0.05) is 32.2 Å². The number of ether oxygens (including phenoxy) is 1. The van der Waals surface area contributed by atoms with Crippen LogP contribution in [-0.2, 0) is 9.53 Å². The van der Waals surface area contributed by atoms with Gasteiger partial charge < -0.3 is 9.64 Å². The predicted molar refractivity (Wildman–Crippen MR) is 66.8 cm³/mol. The third-order valence-corrected chi connectivity index (χ3v) is 3.69. The van der Waals surface area contributed by atoms with E-state index in [0.717, 1.165) is 45.8 Å². The molecule has 2 aliphatic rings. The summed E-state index contributed by atoms with van der Waals surface area (Å²) in [4.78, 5) is 16.1. The fourth-order valence-electron chi connectivity index (χ4n) is 2.69. The average molecular weight is 238 g/mol. The highest BCUT2D eigenvalue weighted by molar-refractivity contribution is 5.87. The molecule has 0 unspecified atom stereocenters. The predicted octanol–water partition coefficient (Wildman–Crippen LogP) is 0.886. The number of carbonyl (C=O) groups is 1. The van der Waals surface area contributed by atoms with Gasteiger partial charge in [-0.2, -0.15) is 0 Å². The van der Waals surface area contributed by atoms with Crippen LogP contribution in [0.3, 0.4) is 0 Å². The molecule has 0 spiro atoms. The second kappa shape index (κ2) is 6.17. The summed E-state index contributed by atoms with van der Waals surface area (Å²) >= 11 is 0. The third-order valence-electron chi connectivity index (χ3n) is 3.69. The first kappa shape index (κ1) is 12.6. The highest BCUT2D eigenvalue weighted by Crippen LogP contribution is 2.17. The lowest BCUT2D eigenvalue weighted by Crippen LogP contribution is -2.48. The van der Waals surface area contributed by atoms with E-state index in [2.05, 4.69) is 11.5 Å². The van der Waals surface area contributed by atoms with Gasteiger partial charge in [-0.1, -0.05) is 13.0 Å². The van der Waals surface area contributed by atoms with E-state index in [0.29, 0.717) is 6.04 Å². The minimum atomic E-state index is 0.0742. The molecule has 4 nitrogen and oxygen atoms in total. The molecule has 2 heterocycles. The first-order chi connectivity index (χ1) is 8.31. The molecule has 1 atom stereocenters. The number of hydrogen-bond acceptors (Lipinski definition) is 3. The van der Waals surface area contributed by atoms with Crippen molar-refractivity contribution in [3.63, 3.8) is 0 Å². The molecule has 2 fully saturated rings. The SMILES string of the molecule is C=CC(=O)N1CCCC[C@H](N2CCOCC2)C1. The van der Waals surface area contributed by atoms with Gasteiger partial charge in [0.25, 0.3) is 0 Å². The zero-order valence-corrected chi connectivity index (χ0v) is 10.4. The molecule has 2 rings (SSSR count). The van der Waals surface area contributed by atoms with Gasteiger partial charge in [0.05, 0.1) is 13.2 Å². The van der Waals surface area contributed by atoms with Gasteiger partial charge in [0.2, 0.25) is 5.91 Å². The maximum absolute atomic E-state index is 11.7. The van der Waals surface area contributed by atoms with Crippen molar-refractivity contribution in [2.24, 2.45) is 0 Å². The fraction of sp³-hybridized carbons (Fsp3) is 0.769. The largest absolute Gasteiger partial charge is 0.379 e. The Kier molecular flexibility index (Phi) is 4.57. The molecule has 0 aliphatic carbocycles. The van der Waals surface area contributed by atoms with E-state index in [9.17, 15) is 4.79 Å². The molecule has 0 N–H and O–H groups in total. The summed E-state index contributed by atoms with van der Waals surface area (Å²) in [6.45, 7) is 8.96. The van der Waals surface area contributed by atoms with E-state index in [1.165, 1.54) is 18.9 Å². The number of morpholine rings is 1. The molecular weight excluding hydrogens is 216 g/mol. The van der Waals surface area contributed by atoms with E-state index in [4.69, 9.17) is 4.74 Å². The monoisotopic (exact) mass is 238 g/mol. The van der Waals surface area contributed by atoms with E-state index in [1.54, 1.807) is 0 Å². The Morgan fingerprint density at radius 3 is 2.71 bits per heavy atom. The number of amides is 1. The number of nitrogens with zero attached hydrogens (tertiary/aromatic N) is 2. The first-order valence-corrected chi connectivity index (χ1v) is 6.54. The average Bonchev–Trinajstić information content (AvgIpc) is 2.64. The lowest BCUT2D eigenvalue weighted by atomic mass is 10.1. The van der Waals surface area contributed by atoms with Gasteiger partial charge in [-0.05, 0) is 18.9 Å². The van der Waals surface area contributed by atoms with Crippen LogP contribution in [0.1, 0.15) is 19.3 Å². The van der Waals surface area contributed by atoms with Crippen molar-refractivity contribution in [1.29, 1.82) is 0 Å². The molecule has 4 heteroatoms. The minimum absolute atomic E-state index is 0.0742. The fourth-order valence-corrected chi connectivity index (χ4v) is 2.69. The minimum Gasteiger partial charge on any atom is -0.379 e. The molecule has 0 aromatic heterocycles. The van der Waals surface area contributed by atoms with Gasteiger partial charge in [0.1, 0.15) is 0 Å². The highest BCUT2D eigenvalue weighted by atomic mass is 16.5. The third kappa shape index (κ3) is 3.30. The maximum Gasteiger partial charge on any atom is 0.246 e. The topological polar surface area (TPSA) is 32.8 Å². The van der Waals surface area contributed by atoms with Crippen molar-refractivity contribution in [2.45, 2.75) is 25.3 Å². The van der Waals surface area contributed by atoms with E-state index in [-0.39, 0.29) is 5.91 Å². The van der Waals surface area contributed by atoms with Crippen LogP contribution in [0.2, 0.25) is 0 Å². The lowest BCUT2D eigenvalue weighted by Gasteiger charge is -2.35. The van der Waals surface area contributed by atoms with Crippen molar-refractivity contribution in [1.82, 2.24) is 9.80 Å². The van der Waals surface area contributed by atoms with Crippen molar-refractivity contribution in [3.05, 3.63) is 12.7 Å². The van der Waals surface area contributed by atoms with Gasteiger partial charge in [0.15, 0.2) is 0 Å². The van der Waals surface area contributed by atoms with E-state index < -0.39 is 0 Å². The Morgan fingerprint density at radius 1 is 1.24 bits per heavy atom. The number of carbonyl (C=O) groups excluding carboxylic acids is 1. The Morgan fingerprint density at radius 2 is 2.00 bits per heavy atom. The zero-order chi connectivity index (χ0) is 12.1. The normalized spacial score (nSPS) is 27.5. The Labute approximate surface area is 103 Å². The second-order valence-corrected chi connectivity index (χ2v) is 4.79. The lowest BCUT2D eigenvalue weighted by molar-refractivity contribution is -0.126. The molecule has 1 amide bonds. The molecule has 0 aromatic rings. The summed E-state index contributed by atoms with van der Waals surface area (Å²) in [5.74, 6) is 0.0742. The number of likely N-dealkylation sites (tertiary alicyclic amines) is 1. The zero-order valence-electron chi connectivity index (χ0n) is 10.4. The summed E-state index contributed by atoms with van der Waals surface area (Å²) in [6.07, 6.45) is 4.95. The summed E-state index contributed by atoms with van der Waals surface area (Å²) < 4.78 is 5.38. The van der Waals surface area contributed by atoms with Crippen molar-refractivity contribution in [3.8, 4) is 0 Å². The molecule has 0 radical (unpaired) electrons. The van der Waals surface area contributed by atoms with Crippen LogP contribution < -0.4 is 0 Å². The van der Waals surface area contributed by atoms with Crippen LogP contribution in [0.15, 0.2) is 12.7 Å². The molecule has 96 valence electrons. The summed E-state index contributed by atoms with van der Waals surface area (Å²) in [5, 5.41) is 0. The van der Waals surface area contributed by atoms with Gasteiger partial charge in [-0.25, -0.2) is 0 Å². The molecule has 0 saturated carbocycles. The van der Waals surface area contributed by atoms with Crippen LogP contribution >= 0.6 is 0 Å². The first-order valence-electron chi connectivity index (χ1n) is 6.54. The second-order valence-electron chi connectivity index (χ2n) is 4.79. The Bertz CT molecular complexity index is 275. The van der Waals surface area contributed by atoms with Crippen LogP contribution in [0.5, 0.6) is 0 Å². The summed E-state index contributed by atoms with van der Waals surface area (Å²) in [6, 6.07) is 0.505. The smallest absolute Gasteiger partial charge is 0.246 e. The molecule has 17 heavy (non-hydrogen) atoms. The molecule has 2 saturated heterocycles. The van der Waals surface area contributed by atoms with Crippen LogP contribution in [0.4, 0.5) is 0 Å². The highest BCUT2D eigenvalue weighted by Gasteiger charge is 2.26. The standard InChI is InChI=1S/C13H22N2O2/c1-2-13(16)15-6-4-3-5-12(11-15)14-7-9-17-10-8-14/h2,12H,1,3-11H2/t12-/m0/s1. The van der Waals surface area contributed by atoms with Crippen LogP contribution in [0.25, 0.3) is 0 Å². The molecule has 2 aliphatic heterocycles. The Hall–Kier alpha value is -0.870. The number of rotatable bonds is 2. The molecule has 0 aromatic carbocycles. The van der Waals surface area contributed by atoms with E-state index >= 15 is 0 Å². The molecular formula is C13H22N2O2. The van der Waals surface area contributed by atoms with Crippen LogP contribution in [0, 0.1) is 0 Å². The van der Waals surface area contributed by atoms with Crippen LogP contribution in [-0.4, -0.2) is 61.1 Å². The number of hydrogen-bond donors (Lipinski definition) is 0. The van der Waals surface area contributed by atoms with Crippen molar-refractivity contribution < 1.29 is 9.53 Å². The van der Waals surface area contributed by atoms with Gasteiger partial charge in [-0.15, -0.1) is 0 Å².